The third kappa shape index (κ3) is 4.77. The van der Waals surface area contributed by atoms with Crippen molar-refractivity contribution in [1.82, 2.24) is 10.9 Å². The first-order valence-electron chi connectivity index (χ1n) is 7.91. The van der Waals surface area contributed by atoms with E-state index in [0.29, 0.717) is 28.4 Å². The topological polar surface area (TPSA) is 87.3 Å². The number of benzene rings is 2. The van der Waals surface area contributed by atoms with Crippen molar-refractivity contribution in [3.8, 4) is 0 Å². The molecule has 1 aliphatic rings. The van der Waals surface area contributed by atoms with E-state index in [1.165, 1.54) is 0 Å². The predicted molar refractivity (Wildman–Crippen MR) is 101 cm³/mol. The van der Waals surface area contributed by atoms with E-state index in [2.05, 4.69) is 16.2 Å². The minimum absolute atomic E-state index is 0.0786. The molecule has 26 heavy (non-hydrogen) atoms. The fourth-order valence-corrected chi connectivity index (χ4v) is 3.45. The zero-order valence-electron chi connectivity index (χ0n) is 13.7. The Labute approximate surface area is 159 Å². The molecule has 134 valence electrons. The Hall–Kier alpha value is -2.51. The van der Waals surface area contributed by atoms with Gasteiger partial charge in [0.05, 0.1) is 12.1 Å². The van der Waals surface area contributed by atoms with Gasteiger partial charge in [-0.25, -0.2) is 0 Å². The highest BCUT2D eigenvalue weighted by atomic mass is 35.5. The largest absolute Gasteiger partial charge is 0.325 e. The summed E-state index contributed by atoms with van der Waals surface area (Å²) in [7, 11) is 0. The summed E-state index contributed by atoms with van der Waals surface area (Å²) in [6.45, 7) is 0. The van der Waals surface area contributed by atoms with Crippen LogP contribution in [0.3, 0.4) is 0 Å². The molecule has 6 nitrogen and oxygen atoms in total. The summed E-state index contributed by atoms with van der Waals surface area (Å²) in [5.74, 6) is -0.185. The van der Waals surface area contributed by atoms with E-state index in [0.717, 1.165) is 10.5 Å². The lowest BCUT2D eigenvalue weighted by atomic mass is 10.1. The molecule has 8 heteroatoms. The second-order valence-corrected chi connectivity index (χ2v) is 7.24. The number of hydrogen-bond donors (Lipinski definition) is 3. The summed E-state index contributed by atoms with van der Waals surface area (Å²) in [5.41, 5.74) is 6.50. The molecule has 0 unspecified atom stereocenters. The molecule has 3 rings (SSSR count). The van der Waals surface area contributed by atoms with Crippen LogP contribution in [0.2, 0.25) is 5.02 Å². The fourth-order valence-electron chi connectivity index (χ4n) is 2.39. The highest BCUT2D eigenvalue weighted by Crippen LogP contribution is 2.31. The maximum Gasteiger partial charge on any atom is 0.269 e. The molecule has 2 aromatic carbocycles. The second-order valence-electron chi connectivity index (χ2n) is 5.66. The van der Waals surface area contributed by atoms with Crippen molar-refractivity contribution >= 4 is 46.8 Å². The smallest absolute Gasteiger partial charge is 0.269 e. The number of amides is 3. The first-order chi connectivity index (χ1) is 12.5. The van der Waals surface area contributed by atoms with Crippen LogP contribution in [0.25, 0.3) is 0 Å². The minimum atomic E-state index is -0.458. The van der Waals surface area contributed by atoms with Crippen LogP contribution in [-0.4, -0.2) is 23.5 Å². The van der Waals surface area contributed by atoms with E-state index in [1.54, 1.807) is 54.2 Å². The third-order valence-electron chi connectivity index (χ3n) is 3.70. The Bertz CT molecular complexity index is 855. The van der Waals surface area contributed by atoms with Gasteiger partial charge in [-0.15, -0.1) is 11.8 Å². The molecule has 0 aliphatic carbocycles. The molecule has 3 amide bonds. The first-order valence-corrected chi connectivity index (χ1v) is 9.28. The molecule has 0 saturated heterocycles. The van der Waals surface area contributed by atoms with E-state index >= 15 is 0 Å². The molecular formula is C18H16ClN3O3S. The number of nitrogens with one attached hydrogen (secondary N) is 3. The molecule has 0 aromatic heterocycles. The van der Waals surface area contributed by atoms with Gasteiger partial charge in [-0.1, -0.05) is 23.7 Å². The molecule has 2 aromatic rings. The van der Waals surface area contributed by atoms with Crippen LogP contribution in [0, 0.1) is 0 Å². The van der Waals surface area contributed by atoms with Gasteiger partial charge in [0, 0.05) is 27.7 Å². The summed E-state index contributed by atoms with van der Waals surface area (Å²) in [5, 5.41) is 3.38. The molecule has 0 radical (unpaired) electrons. The molecule has 0 atom stereocenters. The molecule has 3 N–H and O–H groups in total. The predicted octanol–water partition coefficient (Wildman–Crippen LogP) is 2.78. The number of rotatable bonds is 3. The van der Waals surface area contributed by atoms with Gasteiger partial charge in [0.1, 0.15) is 0 Å². The molecule has 0 fully saturated rings. The van der Waals surface area contributed by atoms with Gasteiger partial charge in [-0.05, 0) is 35.9 Å². The zero-order chi connectivity index (χ0) is 18.5. The minimum Gasteiger partial charge on any atom is -0.325 e. The Morgan fingerprint density at radius 3 is 2.65 bits per heavy atom. The fraction of sp³-hybridized carbons (Fsp3) is 0.167. The SMILES string of the molecule is O=C(Cc1ccc(Cl)cc1)NNC(=O)c1ccc2c(c1)NC(=O)CCS2. The molecule has 1 heterocycles. The summed E-state index contributed by atoms with van der Waals surface area (Å²) in [6, 6.07) is 11.9. The van der Waals surface area contributed by atoms with Gasteiger partial charge in [0.2, 0.25) is 11.8 Å². The van der Waals surface area contributed by atoms with Gasteiger partial charge in [0.15, 0.2) is 0 Å². The lowest BCUT2D eigenvalue weighted by molar-refractivity contribution is -0.121. The highest BCUT2D eigenvalue weighted by molar-refractivity contribution is 7.99. The quantitative estimate of drug-likeness (QED) is 0.704. The van der Waals surface area contributed by atoms with Crippen molar-refractivity contribution in [2.24, 2.45) is 0 Å². The standard InChI is InChI=1S/C18H16ClN3O3S/c19-13-4-1-11(2-5-13)9-17(24)21-22-18(25)12-3-6-15-14(10-12)20-16(23)7-8-26-15/h1-6,10H,7-9H2,(H,20,23)(H,21,24)(H,22,25). The number of anilines is 1. The van der Waals surface area contributed by atoms with Crippen LogP contribution < -0.4 is 16.2 Å². The van der Waals surface area contributed by atoms with Gasteiger partial charge in [-0.3, -0.25) is 25.2 Å². The monoisotopic (exact) mass is 389 g/mol. The second kappa shape index (κ2) is 8.25. The van der Waals surface area contributed by atoms with Crippen molar-refractivity contribution < 1.29 is 14.4 Å². The van der Waals surface area contributed by atoms with Crippen LogP contribution in [-0.2, 0) is 16.0 Å². The van der Waals surface area contributed by atoms with Crippen molar-refractivity contribution in [2.45, 2.75) is 17.7 Å². The van der Waals surface area contributed by atoms with Gasteiger partial charge in [0.25, 0.3) is 5.91 Å². The Morgan fingerprint density at radius 2 is 1.88 bits per heavy atom. The van der Waals surface area contributed by atoms with Crippen molar-refractivity contribution in [3.05, 3.63) is 58.6 Å². The van der Waals surface area contributed by atoms with E-state index in [1.807, 2.05) is 0 Å². The van der Waals surface area contributed by atoms with Crippen LogP contribution in [0.15, 0.2) is 47.4 Å². The Balaban J connectivity index is 1.58. The van der Waals surface area contributed by atoms with Crippen molar-refractivity contribution in [1.29, 1.82) is 0 Å². The van der Waals surface area contributed by atoms with Gasteiger partial charge >= 0.3 is 0 Å². The lowest BCUT2D eigenvalue weighted by Gasteiger charge is -2.10. The van der Waals surface area contributed by atoms with Gasteiger partial charge in [-0.2, -0.15) is 0 Å². The Morgan fingerprint density at radius 1 is 1.12 bits per heavy atom. The van der Waals surface area contributed by atoms with Crippen LogP contribution in [0.1, 0.15) is 22.3 Å². The summed E-state index contributed by atoms with van der Waals surface area (Å²) in [6.07, 6.45) is 0.552. The summed E-state index contributed by atoms with van der Waals surface area (Å²) < 4.78 is 0. The van der Waals surface area contributed by atoms with Crippen LogP contribution >= 0.6 is 23.4 Å². The number of carbonyl (C=O) groups excluding carboxylic acids is 3. The van der Waals surface area contributed by atoms with Crippen molar-refractivity contribution in [2.75, 3.05) is 11.1 Å². The zero-order valence-corrected chi connectivity index (χ0v) is 15.2. The van der Waals surface area contributed by atoms with E-state index in [-0.39, 0.29) is 18.2 Å². The summed E-state index contributed by atoms with van der Waals surface area (Å²) in [4.78, 5) is 36.7. The molecule has 1 aliphatic heterocycles. The van der Waals surface area contributed by atoms with Crippen LogP contribution in [0.5, 0.6) is 0 Å². The van der Waals surface area contributed by atoms with E-state index in [9.17, 15) is 14.4 Å². The van der Waals surface area contributed by atoms with Gasteiger partial charge < -0.3 is 5.32 Å². The third-order valence-corrected chi connectivity index (χ3v) is 5.02. The number of fused-ring (bicyclic) bond motifs is 1. The van der Waals surface area contributed by atoms with E-state index in [4.69, 9.17) is 11.6 Å². The average Bonchev–Trinajstić information content (AvgIpc) is 2.81. The maximum atomic E-state index is 12.2. The number of hydrogen-bond acceptors (Lipinski definition) is 4. The lowest BCUT2D eigenvalue weighted by Crippen LogP contribution is -2.42. The Kier molecular flexibility index (Phi) is 5.80. The van der Waals surface area contributed by atoms with Crippen molar-refractivity contribution in [3.63, 3.8) is 0 Å². The average molecular weight is 390 g/mol. The van der Waals surface area contributed by atoms with Crippen LogP contribution in [0.4, 0.5) is 5.69 Å². The number of carbonyl (C=O) groups is 3. The molecule has 0 bridgehead atoms. The number of hydrazine groups is 1. The summed E-state index contributed by atoms with van der Waals surface area (Å²) >= 11 is 7.36. The van der Waals surface area contributed by atoms with E-state index < -0.39 is 5.91 Å². The maximum absolute atomic E-state index is 12.2. The molecule has 0 spiro atoms. The normalized spacial score (nSPS) is 13.2. The first kappa shape index (κ1) is 18.3. The number of halogens is 1. The molecule has 0 saturated carbocycles. The molecular weight excluding hydrogens is 374 g/mol. The number of thioether (sulfide) groups is 1. The highest BCUT2D eigenvalue weighted by Gasteiger charge is 2.16.